The molecule has 2 aromatic carbocycles. The normalized spacial score (nSPS) is 15.4. The molecule has 0 fully saturated rings. The second-order valence-corrected chi connectivity index (χ2v) is 7.28. The zero-order valence-corrected chi connectivity index (χ0v) is 16.6. The van der Waals surface area contributed by atoms with Gasteiger partial charge in [-0.1, -0.05) is 18.2 Å². The maximum atomic E-state index is 5.44. The number of guanidine groups is 1. The van der Waals surface area contributed by atoms with Crippen molar-refractivity contribution >= 4 is 11.6 Å². The van der Waals surface area contributed by atoms with Crippen LogP contribution in [-0.4, -0.2) is 39.9 Å². The van der Waals surface area contributed by atoms with Crippen molar-refractivity contribution in [3.63, 3.8) is 0 Å². The van der Waals surface area contributed by atoms with Crippen molar-refractivity contribution in [2.45, 2.75) is 25.8 Å². The van der Waals surface area contributed by atoms with Crippen molar-refractivity contribution in [3.8, 4) is 11.5 Å². The average Bonchev–Trinajstić information content (AvgIpc) is 3.18. The molecule has 0 spiro atoms. The van der Waals surface area contributed by atoms with E-state index in [1.165, 1.54) is 28.8 Å². The Bertz CT molecular complexity index is 866. The summed E-state index contributed by atoms with van der Waals surface area (Å²) >= 11 is 0. The molecule has 0 amide bonds. The summed E-state index contributed by atoms with van der Waals surface area (Å²) in [5.41, 5.74) is 5.30. The van der Waals surface area contributed by atoms with E-state index < -0.39 is 0 Å². The molecule has 2 aliphatic rings. The number of benzene rings is 2. The summed E-state index contributed by atoms with van der Waals surface area (Å²) in [4.78, 5) is 6.67. The summed E-state index contributed by atoms with van der Waals surface area (Å²) in [6.07, 6.45) is 3.28. The van der Waals surface area contributed by atoms with E-state index in [0.717, 1.165) is 49.9 Å². The summed E-state index contributed by atoms with van der Waals surface area (Å²) < 4.78 is 10.8. The van der Waals surface area contributed by atoms with E-state index in [2.05, 4.69) is 51.8 Å². The van der Waals surface area contributed by atoms with Gasteiger partial charge in [0.1, 0.15) is 0 Å². The molecule has 2 aromatic rings. The molecule has 0 saturated carbocycles. The second-order valence-electron chi connectivity index (χ2n) is 7.28. The number of nitrogens with one attached hydrogen (secondary N) is 2. The Kier molecular flexibility index (Phi) is 5.55. The number of fused-ring (bicyclic) bond motifs is 2. The van der Waals surface area contributed by atoms with Gasteiger partial charge < -0.3 is 25.0 Å². The van der Waals surface area contributed by atoms with Crippen LogP contribution >= 0.6 is 0 Å². The van der Waals surface area contributed by atoms with E-state index in [9.17, 15) is 0 Å². The fraction of sp³-hybridized carbons (Fsp3) is 0.409. The average molecular weight is 380 g/mol. The van der Waals surface area contributed by atoms with Gasteiger partial charge in [-0.25, -0.2) is 0 Å². The zero-order valence-electron chi connectivity index (χ0n) is 16.6. The van der Waals surface area contributed by atoms with Crippen LogP contribution in [0.2, 0.25) is 0 Å². The van der Waals surface area contributed by atoms with Crippen molar-refractivity contribution < 1.29 is 9.47 Å². The number of hydrogen-bond donors (Lipinski definition) is 2. The lowest BCUT2D eigenvalue weighted by molar-refractivity contribution is 0.174. The Morgan fingerprint density at radius 3 is 2.82 bits per heavy atom. The van der Waals surface area contributed by atoms with Gasteiger partial charge >= 0.3 is 0 Å². The Balaban J connectivity index is 1.27. The topological polar surface area (TPSA) is 58.1 Å². The molecule has 0 saturated heterocycles. The smallest absolute Gasteiger partial charge is 0.231 e. The van der Waals surface area contributed by atoms with E-state index in [1.807, 2.05) is 12.1 Å². The maximum absolute atomic E-state index is 5.44. The van der Waals surface area contributed by atoms with Gasteiger partial charge in [0.05, 0.1) is 0 Å². The van der Waals surface area contributed by atoms with E-state index >= 15 is 0 Å². The molecule has 6 nitrogen and oxygen atoms in total. The van der Waals surface area contributed by atoms with Gasteiger partial charge in [0.15, 0.2) is 17.5 Å². The summed E-state index contributed by atoms with van der Waals surface area (Å²) in [7, 11) is 3.97. The monoisotopic (exact) mass is 380 g/mol. The quantitative estimate of drug-likeness (QED) is 0.617. The lowest BCUT2D eigenvalue weighted by atomic mass is 9.99. The molecule has 6 heteroatoms. The summed E-state index contributed by atoms with van der Waals surface area (Å²) in [6.45, 7) is 3.02. The van der Waals surface area contributed by atoms with Gasteiger partial charge in [-0.15, -0.1) is 0 Å². The van der Waals surface area contributed by atoms with Gasteiger partial charge in [0.2, 0.25) is 6.79 Å². The highest BCUT2D eigenvalue weighted by atomic mass is 16.7. The van der Waals surface area contributed by atoms with Crippen molar-refractivity contribution in [2.24, 2.45) is 4.99 Å². The number of nitrogens with zero attached hydrogens (tertiary/aromatic N) is 2. The Morgan fingerprint density at radius 1 is 1.07 bits per heavy atom. The third-order valence-corrected chi connectivity index (χ3v) is 5.32. The van der Waals surface area contributed by atoms with Crippen LogP contribution in [0.4, 0.5) is 5.69 Å². The molecule has 0 aromatic heterocycles. The Labute approximate surface area is 166 Å². The van der Waals surface area contributed by atoms with Gasteiger partial charge in [-0.05, 0) is 54.2 Å². The molecule has 0 unspecified atom stereocenters. The molecule has 0 atom stereocenters. The molecule has 4 rings (SSSR count). The minimum Gasteiger partial charge on any atom is -0.454 e. The largest absolute Gasteiger partial charge is 0.454 e. The van der Waals surface area contributed by atoms with Crippen molar-refractivity contribution in [1.29, 1.82) is 0 Å². The van der Waals surface area contributed by atoms with Gasteiger partial charge in [-0.3, -0.25) is 4.99 Å². The van der Waals surface area contributed by atoms with Gasteiger partial charge in [0, 0.05) is 39.4 Å². The predicted octanol–water partition coefficient (Wildman–Crippen LogP) is 2.71. The van der Waals surface area contributed by atoms with Crippen molar-refractivity contribution in [1.82, 2.24) is 10.6 Å². The first-order valence-corrected chi connectivity index (χ1v) is 9.89. The highest BCUT2D eigenvalue weighted by Gasteiger charge is 2.14. The summed E-state index contributed by atoms with van der Waals surface area (Å²) in [5.74, 6) is 2.47. The first kappa shape index (κ1) is 18.5. The van der Waals surface area contributed by atoms with Gasteiger partial charge in [0.25, 0.3) is 0 Å². The Hall–Kier alpha value is -2.89. The molecule has 2 heterocycles. The molecular weight excluding hydrogens is 352 g/mol. The molecule has 148 valence electrons. The van der Waals surface area contributed by atoms with E-state index in [0.29, 0.717) is 6.79 Å². The highest BCUT2D eigenvalue weighted by Crippen LogP contribution is 2.32. The Morgan fingerprint density at radius 2 is 1.93 bits per heavy atom. The minimum absolute atomic E-state index is 0.312. The molecule has 0 radical (unpaired) electrons. The van der Waals surface area contributed by atoms with Crippen LogP contribution in [0.1, 0.15) is 23.1 Å². The number of aliphatic imine (C=N–C) groups is 1. The minimum atomic E-state index is 0.312. The van der Waals surface area contributed by atoms with Crippen LogP contribution in [0, 0.1) is 0 Å². The summed E-state index contributed by atoms with van der Waals surface area (Å²) in [6, 6.07) is 12.9. The second kappa shape index (κ2) is 8.42. The van der Waals surface area contributed by atoms with Crippen molar-refractivity contribution in [2.75, 3.05) is 38.9 Å². The summed E-state index contributed by atoms with van der Waals surface area (Å²) in [5, 5.41) is 6.80. The van der Waals surface area contributed by atoms with Gasteiger partial charge in [-0.2, -0.15) is 0 Å². The number of anilines is 1. The first-order chi connectivity index (χ1) is 13.7. The zero-order chi connectivity index (χ0) is 19.3. The third kappa shape index (κ3) is 4.16. The van der Waals surface area contributed by atoms with Crippen LogP contribution in [0.25, 0.3) is 0 Å². The SMILES string of the molecule is CN=C(NCCc1ccc2c(c1)OCO2)NCc1ccc2c(c1)CCCN2C. The van der Waals surface area contributed by atoms with Crippen molar-refractivity contribution in [3.05, 3.63) is 53.1 Å². The molecule has 0 bridgehead atoms. The molecule has 28 heavy (non-hydrogen) atoms. The fourth-order valence-electron chi connectivity index (χ4n) is 3.78. The molecule has 2 aliphatic heterocycles. The van der Waals surface area contributed by atoms with E-state index in [-0.39, 0.29) is 0 Å². The first-order valence-electron chi connectivity index (χ1n) is 9.89. The fourth-order valence-corrected chi connectivity index (χ4v) is 3.78. The predicted molar refractivity (Wildman–Crippen MR) is 113 cm³/mol. The number of ether oxygens (including phenoxy) is 2. The molecule has 0 aliphatic carbocycles. The van der Waals surface area contributed by atoms with Crippen LogP contribution in [-0.2, 0) is 19.4 Å². The lowest BCUT2D eigenvalue weighted by Crippen LogP contribution is -2.37. The molecular formula is C22H28N4O2. The van der Waals surface area contributed by atoms with Crippen LogP contribution in [0.15, 0.2) is 41.4 Å². The van der Waals surface area contributed by atoms with Crippen LogP contribution in [0.5, 0.6) is 11.5 Å². The van der Waals surface area contributed by atoms with E-state index in [4.69, 9.17) is 9.47 Å². The number of aryl methyl sites for hydroxylation is 1. The van der Waals surface area contributed by atoms with Crippen LogP contribution < -0.4 is 25.0 Å². The highest BCUT2D eigenvalue weighted by molar-refractivity contribution is 5.79. The number of rotatable bonds is 5. The lowest BCUT2D eigenvalue weighted by Gasteiger charge is -2.28. The molecule has 2 N–H and O–H groups in total. The standard InChI is InChI=1S/C22H28N4O2/c1-23-22(24-10-9-16-6-8-20-21(13-16)28-15-27-20)25-14-17-5-7-19-18(12-17)4-3-11-26(19)2/h5-8,12-13H,3-4,9-11,14-15H2,1-2H3,(H2,23,24,25). The van der Waals surface area contributed by atoms with Crippen LogP contribution in [0.3, 0.4) is 0 Å². The number of hydrogen-bond acceptors (Lipinski definition) is 4. The third-order valence-electron chi connectivity index (χ3n) is 5.32. The van der Waals surface area contributed by atoms with E-state index in [1.54, 1.807) is 7.05 Å². The maximum Gasteiger partial charge on any atom is 0.231 e.